The fraction of sp³-hybridized carbons (Fsp3) is 0.217. The van der Waals surface area contributed by atoms with Crippen molar-refractivity contribution in [2.45, 2.75) is 19.8 Å². The van der Waals surface area contributed by atoms with Gasteiger partial charge in [0.25, 0.3) is 5.91 Å². The van der Waals surface area contributed by atoms with Crippen LogP contribution in [-0.4, -0.2) is 29.6 Å². The Hall–Kier alpha value is -3.90. The Kier molecular flexibility index (Phi) is 5.47. The minimum absolute atomic E-state index is 0.0723. The number of nitrogens with two attached hydrogens (primary N) is 1. The van der Waals surface area contributed by atoms with Gasteiger partial charge in [-0.3, -0.25) is 10.2 Å². The quantitative estimate of drug-likeness (QED) is 0.787. The minimum Gasteiger partial charge on any atom is -0.398 e. The van der Waals surface area contributed by atoms with Crippen LogP contribution in [0.4, 0.5) is 0 Å². The van der Waals surface area contributed by atoms with Gasteiger partial charge in [0, 0.05) is 41.4 Å². The highest BCUT2D eigenvalue weighted by atomic mass is 16.2. The summed E-state index contributed by atoms with van der Waals surface area (Å²) in [6.45, 7) is 4.76. The Morgan fingerprint density at radius 2 is 1.83 bits per heavy atom. The fourth-order valence-electron chi connectivity index (χ4n) is 3.33. The van der Waals surface area contributed by atoms with E-state index in [9.17, 15) is 4.79 Å². The number of nitriles is 2. The van der Waals surface area contributed by atoms with E-state index in [0.29, 0.717) is 41.1 Å². The predicted molar refractivity (Wildman–Crippen MR) is 111 cm³/mol. The van der Waals surface area contributed by atoms with Crippen LogP contribution in [0.5, 0.6) is 0 Å². The van der Waals surface area contributed by atoms with Crippen molar-refractivity contribution in [3.8, 4) is 12.1 Å². The smallest absolute Gasteiger partial charge is 0.253 e. The van der Waals surface area contributed by atoms with Crippen molar-refractivity contribution in [2.24, 2.45) is 5.73 Å². The SMILES string of the molecule is C/C(C(=N)C#N)=C(/N)c1cc(C(=O)N2CC(c3ccc(C#N)cc3)C2)ccc1C. The third-order valence-electron chi connectivity index (χ3n) is 5.35. The monoisotopic (exact) mass is 383 g/mol. The molecule has 0 unspecified atom stereocenters. The molecule has 0 radical (unpaired) electrons. The molecule has 0 aromatic heterocycles. The summed E-state index contributed by atoms with van der Waals surface area (Å²) in [7, 11) is 0. The maximum atomic E-state index is 12.9. The summed E-state index contributed by atoms with van der Waals surface area (Å²) in [6, 6.07) is 16.7. The van der Waals surface area contributed by atoms with Crippen LogP contribution in [0.2, 0.25) is 0 Å². The van der Waals surface area contributed by atoms with Crippen molar-refractivity contribution >= 4 is 17.3 Å². The Morgan fingerprint density at radius 1 is 1.17 bits per heavy atom. The van der Waals surface area contributed by atoms with E-state index in [2.05, 4.69) is 6.07 Å². The van der Waals surface area contributed by atoms with E-state index in [1.165, 1.54) is 0 Å². The van der Waals surface area contributed by atoms with E-state index < -0.39 is 0 Å². The molecule has 2 aromatic carbocycles. The molecule has 0 saturated carbocycles. The molecule has 0 bridgehead atoms. The molecule has 0 spiro atoms. The Morgan fingerprint density at radius 3 is 2.41 bits per heavy atom. The highest BCUT2D eigenvalue weighted by Gasteiger charge is 2.32. The number of carbonyl (C=O) groups is 1. The number of carbonyl (C=O) groups excluding carboxylic acids is 1. The van der Waals surface area contributed by atoms with Gasteiger partial charge in [-0.15, -0.1) is 0 Å². The minimum atomic E-state index is -0.188. The maximum absolute atomic E-state index is 12.9. The number of amides is 1. The van der Waals surface area contributed by atoms with Crippen LogP contribution < -0.4 is 5.73 Å². The second kappa shape index (κ2) is 8.00. The zero-order valence-corrected chi connectivity index (χ0v) is 16.4. The van der Waals surface area contributed by atoms with Crippen LogP contribution in [0.15, 0.2) is 48.0 Å². The van der Waals surface area contributed by atoms with Gasteiger partial charge in [0.15, 0.2) is 0 Å². The predicted octanol–water partition coefficient (Wildman–Crippen LogP) is 3.34. The van der Waals surface area contributed by atoms with E-state index in [1.807, 2.05) is 25.1 Å². The number of hydrogen-bond acceptors (Lipinski definition) is 5. The van der Waals surface area contributed by atoms with Crippen LogP contribution in [0.25, 0.3) is 5.70 Å². The lowest BCUT2D eigenvalue weighted by Gasteiger charge is -2.39. The van der Waals surface area contributed by atoms with E-state index >= 15 is 0 Å². The van der Waals surface area contributed by atoms with Crippen molar-refractivity contribution < 1.29 is 4.79 Å². The summed E-state index contributed by atoms with van der Waals surface area (Å²) in [6.07, 6.45) is 0. The van der Waals surface area contributed by atoms with Crippen molar-refractivity contribution in [1.29, 1.82) is 15.9 Å². The average molecular weight is 383 g/mol. The lowest BCUT2D eigenvalue weighted by Crippen LogP contribution is -2.48. The number of likely N-dealkylation sites (tertiary alicyclic amines) is 1. The van der Waals surface area contributed by atoms with Gasteiger partial charge < -0.3 is 10.6 Å². The molecule has 6 heteroatoms. The first kappa shape index (κ1) is 19.9. The number of allylic oxidation sites excluding steroid dienone is 1. The number of nitrogens with zero attached hydrogens (tertiary/aromatic N) is 3. The van der Waals surface area contributed by atoms with Gasteiger partial charge in [0.2, 0.25) is 0 Å². The highest BCUT2D eigenvalue weighted by Crippen LogP contribution is 2.29. The molecule has 0 atom stereocenters. The van der Waals surface area contributed by atoms with Crippen LogP contribution in [0.1, 0.15) is 45.5 Å². The molecule has 6 nitrogen and oxygen atoms in total. The Bertz CT molecular complexity index is 1090. The lowest BCUT2D eigenvalue weighted by atomic mass is 9.90. The Balaban J connectivity index is 1.77. The molecule has 1 aliphatic heterocycles. The maximum Gasteiger partial charge on any atom is 0.253 e. The van der Waals surface area contributed by atoms with Gasteiger partial charge in [-0.2, -0.15) is 10.5 Å². The van der Waals surface area contributed by atoms with E-state index in [0.717, 1.165) is 11.1 Å². The van der Waals surface area contributed by atoms with Crippen molar-refractivity contribution in [2.75, 3.05) is 13.1 Å². The summed E-state index contributed by atoms with van der Waals surface area (Å²) >= 11 is 0. The Labute approximate surface area is 170 Å². The van der Waals surface area contributed by atoms with E-state index in [1.54, 1.807) is 42.2 Å². The first-order valence-corrected chi connectivity index (χ1v) is 9.21. The summed E-state index contributed by atoms with van der Waals surface area (Å²) in [4.78, 5) is 14.7. The molecular formula is C23H21N5O. The molecule has 1 fully saturated rings. The van der Waals surface area contributed by atoms with Crippen molar-refractivity contribution in [3.05, 3.63) is 75.9 Å². The van der Waals surface area contributed by atoms with Gasteiger partial charge in [-0.25, -0.2) is 0 Å². The molecular weight excluding hydrogens is 362 g/mol. The molecule has 144 valence electrons. The molecule has 2 aromatic rings. The first-order valence-electron chi connectivity index (χ1n) is 9.21. The number of nitrogens with one attached hydrogen (secondary N) is 1. The molecule has 0 aliphatic carbocycles. The fourth-order valence-corrected chi connectivity index (χ4v) is 3.33. The highest BCUT2D eigenvalue weighted by molar-refractivity contribution is 6.13. The van der Waals surface area contributed by atoms with E-state index in [4.69, 9.17) is 21.7 Å². The number of hydrogen-bond donors (Lipinski definition) is 2. The van der Waals surface area contributed by atoms with Gasteiger partial charge >= 0.3 is 0 Å². The van der Waals surface area contributed by atoms with Crippen molar-refractivity contribution in [1.82, 2.24) is 4.90 Å². The average Bonchev–Trinajstić information content (AvgIpc) is 2.71. The lowest BCUT2D eigenvalue weighted by molar-refractivity contribution is 0.0602. The zero-order chi connectivity index (χ0) is 21.1. The van der Waals surface area contributed by atoms with Crippen LogP contribution >= 0.6 is 0 Å². The van der Waals surface area contributed by atoms with Crippen molar-refractivity contribution in [3.63, 3.8) is 0 Å². The normalized spacial score (nSPS) is 14.3. The first-order chi connectivity index (χ1) is 13.8. The summed E-state index contributed by atoms with van der Waals surface area (Å²) in [5.74, 6) is 0.192. The molecule has 3 rings (SSSR count). The molecule has 29 heavy (non-hydrogen) atoms. The summed E-state index contributed by atoms with van der Waals surface area (Å²) in [5, 5.41) is 25.5. The molecule has 1 amide bonds. The third kappa shape index (κ3) is 3.88. The number of benzene rings is 2. The van der Waals surface area contributed by atoms with Gasteiger partial charge in [-0.1, -0.05) is 18.2 Å². The molecule has 3 N–H and O–H groups in total. The number of rotatable bonds is 4. The zero-order valence-electron chi connectivity index (χ0n) is 16.4. The van der Waals surface area contributed by atoms with Gasteiger partial charge in [0.1, 0.15) is 11.8 Å². The topological polar surface area (TPSA) is 118 Å². The van der Waals surface area contributed by atoms with Crippen LogP contribution in [0.3, 0.4) is 0 Å². The number of aryl methyl sites for hydroxylation is 1. The second-order valence-corrected chi connectivity index (χ2v) is 7.20. The molecule has 1 saturated heterocycles. The van der Waals surface area contributed by atoms with Gasteiger partial charge in [0.05, 0.1) is 11.6 Å². The van der Waals surface area contributed by atoms with Crippen LogP contribution in [0, 0.1) is 35.0 Å². The summed E-state index contributed by atoms with van der Waals surface area (Å²) in [5.41, 5.74) is 10.5. The van der Waals surface area contributed by atoms with E-state index in [-0.39, 0.29) is 17.5 Å². The molecule has 1 aliphatic rings. The third-order valence-corrected chi connectivity index (χ3v) is 5.35. The van der Waals surface area contributed by atoms with Gasteiger partial charge in [-0.05, 0) is 49.2 Å². The standard InChI is InChI=1S/C23H21N5O/c1-14-3-6-18(9-20(14)22(27)15(2)21(26)11-25)23(29)28-12-19(13-28)17-7-4-16(10-24)5-8-17/h3-9,19,26H,12-13,27H2,1-2H3/b22-15-,26-21?. The van der Waals surface area contributed by atoms with Crippen LogP contribution in [-0.2, 0) is 0 Å². The second-order valence-electron chi connectivity index (χ2n) is 7.20. The molecule has 1 heterocycles. The largest absolute Gasteiger partial charge is 0.398 e. The summed E-state index contributed by atoms with van der Waals surface area (Å²) < 4.78 is 0.